The van der Waals surface area contributed by atoms with Gasteiger partial charge in [0, 0.05) is 23.3 Å². The number of anilines is 1. The highest BCUT2D eigenvalue weighted by Crippen LogP contribution is 2.30. The molecule has 2 atom stereocenters. The summed E-state index contributed by atoms with van der Waals surface area (Å²) in [5.41, 5.74) is 2.47. The molecule has 0 aromatic heterocycles. The predicted octanol–water partition coefficient (Wildman–Crippen LogP) is 2.58. The second-order valence-electron chi connectivity index (χ2n) is 5.80. The Hall–Kier alpha value is -1.84. The molecule has 0 spiro atoms. The second kappa shape index (κ2) is 4.93. The van der Waals surface area contributed by atoms with Crippen LogP contribution in [0.15, 0.2) is 18.2 Å². The maximum absolute atomic E-state index is 12.7. The Labute approximate surface area is 119 Å². The molecule has 3 rings (SSSR count). The van der Waals surface area contributed by atoms with Crippen molar-refractivity contribution in [2.45, 2.75) is 51.6 Å². The van der Waals surface area contributed by atoms with Crippen LogP contribution in [0, 0.1) is 0 Å². The summed E-state index contributed by atoms with van der Waals surface area (Å²) in [6.07, 6.45) is 3.55. The van der Waals surface area contributed by atoms with E-state index in [1.165, 1.54) is 0 Å². The Bertz CT molecular complexity index is 568. The van der Waals surface area contributed by atoms with Gasteiger partial charge in [0.2, 0.25) is 5.91 Å². The molecule has 20 heavy (non-hydrogen) atoms. The van der Waals surface area contributed by atoms with Crippen LogP contribution in [0.25, 0.3) is 0 Å². The molecule has 0 saturated carbocycles. The minimum absolute atomic E-state index is 0.00516. The van der Waals surface area contributed by atoms with Crippen molar-refractivity contribution in [3.8, 4) is 0 Å². The summed E-state index contributed by atoms with van der Waals surface area (Å²) in [5, 5.41) is 2.80. The second-order valence-corrected chi connectivity index (χ2v) is 5.80. The van der Waals surface area contributed by atoms with Crippen LogP contribution in [0.4, 0.5) is 5.69 Å². The minimum atomic E-state index is 0.00516. The van der Waals surface area contributed by atoms with Gasteiger partial charge in [0.15, 0.2) is 0 Å². The van der Waals surface area contributed by atoms with Crippen molar-refractivity contribution >= 4 is 17.5 Å². The summed E-state index contributed by atoms with van der Waals surface area (Å²) in [7, 11) is 0. The fourth-order valence-corrected chi connectivity index (χ4v) is 3.35. The third kappa shape index (κ3) is 2.09. The van der Waals surface area contributed by atoms with Crippen molar-refractivity contribution in [2.75, 3.05) is 5.32 Å². The summed E-state index contributed by atoms with van der Waals surface area (Å²) in [4.78, 5) is 26.1. The summed E-state index contributed by atoms with van der Waals surface area (Å²) < 4.78 is 0. The van der Waals surface area contributed by atoms with Gasteiger partial charge in [-0.05, 0) is 49.9 Å². The summed E-state index contributed by atoms with van der Waals surface area (Å²) >= 11 is 0. The number of benzene rings is 1. The first-order valence-electron chi connectivity index (χ1n) is 7.35. The van der Waals surface area contributed by atoms with E-state index in [0.29, 0.717) is 24.1 Å². The van der Waals surface area contributed by atoms with Gasteiger partial charge in [0.25, 0.3) is 5.91 Å². The average Bonchev–Trinajstić information content (AvgIpc) is 2.98. The lowest BCUT2D eigenvalue weighted by Crippen LogP contribution is -2.39. The summed E-state index contributed by atoms with van der Waals surface area (Å²) in [5.74, 6) is 0.106. The quantitative estimate of drug-likeness (QED) is 0.899. The number of likely N-dealkylation sites (tertiary alicyclic amines) is 1. The van der Waals surface area contributed by atoms with Gasteiger partial charge in [0.05, 0.1) is 6.42 Å². The fraction of sp³-hybridized carbons (Fsp3) is 0.500. The van der Waals surface area contributed by atoms with Gasteiger partial charge in [-0.3, -0.25) is 9.59 Å². The molecule has 1 N–H and O–H groups in total. The minimum Gasteiger partial charge on any atom is -0.333 e. The van der Waals surface area contributed by atoms with Crippen molar-refractivity contribution < 1.29 is 9.59 Å². The van der Waals surface area contributed by atoms with E-state index in [0.717, 1.165) is 30.5 Å². The number of carbonyl (C=O) groups is 2. The lowest BCUT2D eigenvalue weighted by Gasteiger charge is -2.28. The third-order valence-corrected chi connectivity index (χ3v) is 4.47. The van der Waals surface area contributed by atoms with Crippen LogP contribution < -0.4 is 5.32 Å². The first-order valence-corrected chi connectivity index (χ1v) is 7.35. The molecule has 2 aliphatic heterocycles. The molecule has 0 aliphatic carbocycles. The van der Waals surface area contributed by atoms with Crippen molar-refractivity contribution in [1.82, 2.24) is 4.90 Å². The van der Waals surface area contributed by atoms with E-state index in [1.54, 1.807) is 0 Å². The number of nitrogens with one attached hydrogen (secondary N) is 1. The molecule has 0 bridgehead atoms. The zero-order chi connectivity index (χ0) is 14.3. The Morgan fingerprint density at radius 2 is 2.20 bits per heavy atom. The highest BCUT2D eigenvalue weighted by atomic mass is 16.2. The number of amides is 2. The van der Waals surface area contributed by atoms with Crippen LogP contribution in [0.1, 0.15) is 49.0 Å². The highest BCUT2D eigenvalue weighted by Gasteiger charge is 2.34. The monoisotopic (exact) mass is 272 g/mol. The van der Waals surface area contributed by atoms with Gasteiger partial charge in [-0.1, -0.05) is 6.92 Å². The van der Waals surface area contributed by atoms with Crippen LogP contribution in [0.5, 0.6) is 0 Å². The molecule has 2 unspecified atom stereocenters. The highest BCUT2D eigenvalue weighted by molar-refractivity contribution is 6.01. The van der Waals surface area contributed by atoms with Gasteiger partial charge in [-0.2, -0.15) is 0 Å². The van der Waals surface area contributed by atoms with Crippen LogP contribution in [0.2, 0.25) is 0 Å². The smallest absolute Gasteiger partial charge is 0.254 e. The third-order valence-electron chi connectivity index (χ3n) is 4.47. The maximum atomic E-state index is 12.7. The maximum Gasteiger partial charge on any atom is 0.254 e. The molecular weight excluding hydrogens is 252 g/mol. The van der Waals surface area contributed by atoms with E-state index in [1.807, 2.05) is 23.1 Å². The van der Waals surface area contributed by atoms with Crippen LogP contribution >= 0.6 is 0 Å². The summed E-state index contributed by atoms with van der Waals surface area (Å²) in [6, 6.07) is 6.19. The lowest BCUT2D eigenvalue weighted by atomic mass is 10.1. The number of nitrogens with zero attached hydrogens (tertiary/aromatic N) is 1. The van der Waals surface area contributed by atoms with Crippen LogP contribution in [-0.4, -0.2) is 28.8 Å². The Morgan fingerprint density at radius 3 is 2.95 bits per heavy atom. The number of rotatable bonds is 2. The largest absolute Gasteiger partial charge is 0.333 e. The van der Waals surface area contributed by atoms with Gasteiger partial charge in [-0.25, -0.2) is 0 Å². The zero-order valence-corrected chi connectivity index (χ0v) is 12.0. The Balaban J connectivity index is 1.88. The van der Waals surface area contributed by atoms with E-state index in [4.69, 9.17) is 0 Å². The molecule has 1 aromatic rings. The lowest BCUT2D eigenvalue weighted by molar-refractivity contribution is -0.115. The SMILES string of the molecule is CCC1CCC(C)N1C(=O)c1ccc2c(c1)CC(=O)N2. The first-order chi connectivity index (χ1) is 9.60. The molecular formula is C16H20N2O2. The van der Waals surface area contributed by atoms with Gasteiger partial charge in [0.1, 0.15) is 0 Å². The molecule has 4 nitrogen and oxygen atoms in total. The molecule has 4 heteroatoms. The molecule has 106 valence electrons. The van der Waals surface area contributed by atoms with E-state index in [-0.39, 0.29) is 11.8 Å². The molecule has 2 aliphatic rings. The van der Waals surface area contributed by atoms with Crippen molar-refractivity contribution in [1.29, 1.82) is 0 Å². The molecule has 1 fully saturated rings. The van der Waals surface area contributed by atoms with E-state index in [9.17, 15) is 9.59 Å². The number of carbonyl (C=O) groups excluding carboxylic acids is 2. The molecule has 1 aromatic carbocycles. The van der Waals surface area contributed by atoms with Crippen molar-refractivity contribution in [3.05, 3.63) is 29.3 Å². The first kappa shape index (κ1) is 13.2. The van der Waals surface area contributed by atoms with Crippen molar-refractivity contribution in [3.63, 3.8) is 0 Å². The summed E-state index contributed by atoms with van der Waals surface area (Å²) in [6.45, 7) is 4.25. The van der Waals surface area contributed by atoms with Crippen molar-refractivity contribution in [2.24, 2.45) is 0 Å². The topological polar surface area (TPSA) is 49.4 Å². The van der Waals surface area contributed by atoms with Gasteiger partial charge >= 0.3 is 0 Å². The van der Waals surface area contributed by atoms with Gasteiger partial charge < -0.3 is 10.2 Å². The van der Waals surface area contributed by atoms with E-state index < -0.39 is 0 Å². The fourth-order valence-electron chi connectivity index (χ4n) is 3.35. The number of hydrogen-bond acceptors (Lipinski definition) is 2. The predicted molar refractivity (Wildman–Crippen MR) is 77.7 cm³/mol. The molecule has 2 amide bonds. The van der Waals surface area contributed by atoms with Gasteiger partial charge in [-0.15, -0.1) is 0 Å². The molecule has 0 radical (unpaired) electrons. The van der Waals surface area contributed by atoms with E-state index in [2.05, 4.69) is 19.2 Å². The normalized spacial score (nSPS) is 24.7. The number of hydrogen-bond donors (Lipinski definition) is 1. The molecule has 2 heterocycles. The Morgan fingerprint density at radius 1 is 1.40 bits per heavy atom. The Kier molecular flexibility index (Phi) is 3.24. The molecule has 1 saturated heterocycles. The average molecular weight is 272 g/mol. The van der Waals surface area contributed by atoms with Crippen LogP contribution in [-0.2, 0) is 11.2 Å². The number of fused-ring (bicyclic) bond motifs is 1. The standard InChI is InChI=1S/C16H20N2O2/c1-3-13-6-4-10(2)18(13)16(20)11-5-7-14-12(8-11)9-15(19)17-14/h5,7-8,10,13H,3-4,6,9H2,1-2H3,(H,17,19). The zero-order valence-electron chi connectivity index (χ0n) is 12.0. The van der Waals surface area contributed by atoms with Crippen LogP contribution in [0.3, 0.4) is 0 Å². The van der Waals surface area contributed by atoms with E-state index >= 15 is 0 Å².